The third-order valence-electron chi connectivity index (χ3n) is 4.40. The van der Waals surface area contributed by atoms with Crippen molar-refractivity contribution in [2.24, 2.45) is 0 Å². The molecule has 0 aromatic heterocycles. The Morgan fingerprint density at radius 3 is 2.36 bits per heavy atom. The summed E-state index contributed by atoms with van der Waals surface area (Å²) in [5, 5.41) is 10.7. The molecule has 1 aliphatic rings. The number of hydrogen-bond acceptors (Lipinski definition) is 4. The van der Waals surface area contributed by atoms with Gasteiger partial charge in [-0.1, -0.05) is 72.8 Å². The second-order valence-corrected chi connectivity index (χ2v) is 7.80. The Balaban J connectivity index is 1.84. The van der Waals surface area contributed by atoms with Gasteiger partial charge in [0.2, 0.25) is 0 Å². The maximum Gasteiger partial charge on any atom is 0.413 e. The summed E-state index contributed by atoms with van der Waals surface area (Å²) in [5.41, 5.74) is 1.26. The van der Waals surface area contributed by atoms with Crippen LogP contribution in [0.3, 0.4) is 0 Å². The highest BCUT2D eigenvalue weighted by atomic mass is 16.6. The van der Waals surface area contributed by atoms with E-state index >= 15 is 0 Å². The van der Waals surface area contributed by atoms with Crippen LogP contribution in [0.2, 0.25) is 0 Å². The average Bonchev–Trinajstić information content (AvgIpc) is 3.12. The average molecular weight is 381 g/mol. The monoisotopic (exact) mass is 381 g/mol. The molecular weight excluding hydrogens is 354 g/mol. The Morgan fingerprint density at radius 2 is 1.75 bits per heavy atom. The molecule has 1 N–H and O–H groups in total. The minimum absolute atomic E-state index is 0.296. The van der Waals surface area contributed by atoms with E-state index in [1.165, 1.54) is 4.90 Å². The van der Waals surface area contributed by atoms with E-state index in [4.69, 9.17) is 9.47 Å². The highest BCUT2D eigenvalue weighted by molar-refractivity contribution is 5.70. The molecule has 0 unspecified atom stereocenters. The van der Waals surface area contributed by atoms with Crippen molar-refractivity contribution in [3.8, 4) is 0 Å². The SMILES string of the molecule is CC(C)(C)OC(=O)N1[C@@H]([C@@H](O)/C=C/c2ccccc2)OC[C@H]1c1ccccc1. The smallest absolute Gasteiger partial charge is 0.413 e. The predicted octanol–water partition coefficient (Wildman–Crippen LogP) is 4.40. The molecule has 148 valence electrons. The predicted molar refractivity (Wildman–Crippen MR) is 108 cm³/mol. The van der Waals surface area contributed by atoms with Crippen LogP contribution >= 0.6 is 0 Å². The standard InChI is InChI=1S/C23H27NO4/c1-23(2,3)28-22(26)24-19(18-12-8-5-9-13-18)16-27-21(24)20(25)15-14-17-10-6-4-7-11-17/h4-15,19-21,25H,16H2,1-3H3/b15-14+/t19-,20-,21+/m0/s1. The van der Waals surface area contributed by atoms with Crippen molar-refractivity contribution in [1.82, 2.24) is 4.90 Å². The fraction of sp³-hybridized carbons (Fsp3) is 0.348. The van der Waals surface area contributed by atoms with Gasteiger partial charge in [0.25, 0.3) is 0 Å². The van der Waals surface area contributed by atoms with Crippen LogP contribution in [0.4, 0.5) is 4.79 Å². The second kappa shape index (κ2) is 8.59. The van der Waals surface area contributed by atoms with Gasteiger partial charge in [0.1, 0.15) is 11.7 Å². The fourth-order valence-electron chi connectivity index (χ4n) is 3.14. The molecule has 0 aliphatic carbocycles. The minimum atomic E-state index is -0.985. The Hall–Kier alpha value is -2.63. The first kappa shape index (κ1) is 20.1. The van der Waals surface area contributed by atoms with Crippen LogP contribution in [0.1, 0.15) is 37.9 Å². The molecule has 5 nitrogen and oxygen atoms in total. The van der Waals surface area contributed by atoms with Crippen molar-refractivity contribution < 1.29 is 19.4 Å². The molecule has 0 radical (unpaired) electrons. The maximum absolute atomic E-state index is 12.9. The molecule has 3 rings (SSSR count). The first-order chi connectivity index (χ1) is 13.3. The summed E-state index contributed by atoms with van der Waals surface area (Å²) in [6.45, 7) is 5.75. The van der Waals surface area contributed by atoms with E-state index in [1.54, 1.807) is 6.08 Å². The summed E-state index contributed by atoms with van der Waals surface area (Å²) < 4.78 is 11.4. The zero-order valence-corrected chi connectivity index (χ0v) is 16.5. The first-order valence-electron chi connectivity index (χ1n) is 9.44. The van der Waals surface area contributed by atoms with E-state index in [-0.39, 0.29) is 6.04 Å². The first-order valence-corrected chi connectivity index (χ1v) is 9.44. The number of carbonyl (C=O) groups excluding carboxylic acids is 1. The van der Waals surface area contributed by atoms with Crippen LogP contribution in [0.5, 0.6) is 0 Å². The van der Waals surface area contributed by atoms with Crippen molar-refractivity contribution in [3.05, 3.63) is 77.9 Å². The number of aliphatic hydroxyl groups excluding tert-OH is 1. The number of rotatable bonds is 4. The van der Waals surface area contributed by atoms with Gasteiger partial charge in [0.05, 0.1) is 12.6 Å². The molecule has 3 atom stereocenters. The van der Waals surface area contributed by atoms with Gasteiger partial charge in [-0.2, -0.15) is 0 Å². The topological polar surface area (TPSA) is 59.0 Å². The molecule has 5 heteroatoms. The normalized spacial score (nSPS) is 21.1. The van der Waals surface area contributed by atoms with Gasteiger partial charge in [-0.25, -0.2) is 4.79 Å². The number of ether oxygens (including phenoxy) is 2. The highest BCUT2D eigenvalue weighted by Crippen LogP contribution is 2.33. The second-order valence-electron chi connectivity index (χ2n) is 7.80. The summed E-state index contributed by atoms with van der Waals surface area (Å²) in [6, 6.07) is 19.0. The van der Waals surface area contributed by atoms with Gasteiger partial charge in [-0.3, -0.25) is 4.90 Å². The fourth-order valence-corrected chi connectivity index (χ4v) is 3.14. The van der Waals surface area contributed by atoms with Crippen molar-refractivity contribution in [2.45, 2.75) is 44.7 Å². The van der Waals surface area contributed by atoms with Crippen molar-refractivity contribution >= 4 is 12.2 Å². The lowest BCUT2D eigenvalue weighted by Gasteiger charge is -2.32. The van der Waals surface area contributed by atoms with Crippen LogP contribution in [0, 0.1) is 0 Å². The Morgan fingerprint density at radius 1 is 1.14 bits per heavy atom. The van der Waals surface area contributed by atoms with Crippen LogP contribution in [-0.4, -0.2) is 40.6 Å². The van der Waals surface area contributed by atoms with E-state index < -0.39 is 24.0 Å². The maximum atomic E-state index is 12.9. The molecular formula is C23H27NO4. The number of carbonyl (C=O) groups is 1. The summed E-state index contributed by atoms with van der Waals surface area (Å²) in [6.07, 6.45) is 1.15. The molecule has 2 aromatic carbocycles. The van der Waals surface area contributed by atoms with Gasteiger partial charge in [0.15, 0.2) is 6.23 Å². The molecule has 28 heavy (non-hydrogen) atoms. The zero-order valence-electron chi connectivity index (χ0n) is 16.5. The molecule has 0 saturated carbocycles. The van der Waals surface area contributed by atoms with Gasteiger partial charge < -0.3 is 14.6 Å². The van der Waals surface area contributed by atoms with Gasteiger partial charge in [-0.15, -0.1) is 0 Å². The molecule has 1 fully saturated rings. The number of nitrogens with zero attached hydrogens (tertiary/aromatic N) is 1. The molecule has 1 saturated heterocycles. The number of benzene rings is 2. The number of amides is 1. The molecule has 1 amide bonds. The third kappa shape index (κ3) is 5.00. The van der Waals surface area contributed by atoms with Crippen molar-refractivity contribution in [2.75, 3.05) is 6.61 Å². The summed E-state index contributed by atoms with van der Waals surface area (Å²) in [4.78, 5) is 14.4. The lowest BCUT2D eigenvalue weighted by molar-refractivity contribution is -0.0546. The number of hydrogen-bond donors (Lipinski definition) is 1. The van der Waals surface area contributed by atoms with Crippen LogP contribution < -0.4 is 0 Å². The lowest BCUT2D eigenvalue weighted by Crippen LogP contribution is -2.46. The Labute approximate surface area is 166 Å². The van der Waals surface area contributed by atoms with E-state index in [2.05, 4.69) is 0 Å². The van der Waals surface area contributed by atoms with E-state index in [9.17, 15) is 9.90 Å². The zero-order chi connectivity index (χ0) is 20.1. The molecule has 0 spiro atoms. The van der Waals surface area contributed by atoms with Crippen molar-refractivity contribution in [1.29, 1.82) is 0 Å². The van der Waals surface area contributed by atoms with Gasteiger partial charge in [-0.05, 0) is 31.9 Å². The van der Waals surface area contributed by atoms with Crippen LogP contribution in [0.25, 0.3) is 6.08 Å². The lowest BCUT2D eigenvalue weighted by atomic mass is 10.1. The molecule has 2 aromatic rings. The van der Waals surface area contributed by atoms with Gasteiger partial charge in [0, 0.05) is 0 Å². The van der Waals surface area contributed by atoms with Gasteiger partial charge >= 0.3 is 6.09 Å². The minimum Gasteiger partial charge on any atom is -0.444 e. The molecule has 1 aliphatic heterocycles. The molecule has 0 bridgehead atoms. The Kier molecular flexibility index (Phi) is 6.17. The third-order valence-corrected chi connectivity index (χ3v) is 4.40. The summed E-state index contributed by atoms with van der Waals surface area (Å²) in [7, 11) is 0. The quantitative estimate of drug-likeness (QED) is 0.853. The summed E-state index contributed by atoms with van der Waals surface area (Å²) in [5.74, 6) is 0. The van der Waals surface area contributed by atoms with E-state index in [1.807, 2.05) is 87.5 Å². The van der Waals surface area contributed by atoms with Crippen LogP contribution in [0.15, 0.2) is 66.7 Å². The molecule has 1 heterocycles. The largest absolute Gasteiger partial charge is 0.444 e. The Bertz CT molecular complexity index is 798. The number of aliphatic hydroxyl groups is 1. The van der Waals surface area contributed by atoms with Crippen molar-refractivity contribution in [3.63, 3.8) is 0 Å². The van der Waals surface area contributed by atoms with E-state index in [0.29, 0.717) is 6.61 Å². The van der Waals surface area contributed by atoms with Crippen LogP contribution in [-0.2, 0) is 9.47 Å². The van der Waals surface area contributed by atoms with E-state index in [0.717, 1.165) is 11.1 Å². The summed E-state index contributed by atoms with van der Waals surface area (Å²) >= 11 is 0. The highest BCUT2D eigenvalue weighted by Gasteiger charge is 2.43.